The van der Waals surface area contributed by atoms with Crippen molar-refractivity contribution >= 4 is 5.97 Å². The minimum Gasteiger partial charge on any atom is -0.497 e. The number of benzene rings is 1. The summed E-state index contributed by atoms with van der Waals surface area (Å²) in [6, 6.07) is 5.17. The number of aryl methyl sites for hydroxylation is 1. The lowest BCUT2D eigenvalue weighted by Crippen LogP contribution is -2.45. The van der Waals surface area contributed by atoms with Gasteiger partial charge in [-0.15, -0.1) is 0 Å². The van der Waals surface area contributed by atoms with Gasteiger partial charge >= 0.3 is 5.97 Å². The van der Waals surface area contributed by atoms with Crippen LogP contribution in [-0.4, -0.2) is 31.0 Å². The van der Waals surface area contributed by atoms with Gasteiger partial charge < -0.3 is 14.6 Å². The van der Waals surface area contributed by atoms with Gasteiger partial charge in [0, 0.05) is 0 Å². The Labute approximate surface area is 117 Å². The van der Waals surface area contributed by atoms with Gasteiger partial charge in [-0.05, 0) is 49.4 Å². The van der Waals surface area contributed by atoms with E-state index in [0.717, 1.165) is 12.0 Å². The summed E-state index contributed by atoms with van der Waals surface area (Å²) < 4.78 is 24.2. The molecule has 2 unspecified atom stereocenters. The molecule has 4 nitrogen and oxygen atoms in total. The first kappa shape index (κ1) is 14.8. The van der Waals surface area contributed by atoms with Crippen molar-refractivity contribution in [2.75, 3.05) is 13.7 Å². The molecule has 20 heavy (non-hydrogen) atoms. The Bertz CT molecular complexity index is 503. The van der Waals surface area contributed by atoms with E-state index in [0.29, 0.717) is 17.7 Å². The van der Waals surface area contributed by atoms with Crippen molar-refractivity contribution in [3.63, 3.8) is 0 Å². The van der Waals surface area contributed by atoms with E-state index in [4.69, 9.17) is 4.74 Å². The Morgan fingerprint density at radius 3 is 2.95 bits per heavy atom. The fraction of sp³-hybridized carbons (Fsp3) is 0.533. The molecule has 1 N–H and O–H groups in total. The van der Waals surface area contributed by atoms with Crippen LogP contribution in [-0.2, 0) is 21.6 Å². The zero-order valence-electron chi connectivity index (χ0n) is 11.7. The van der Waals surface area contributed by atoms with Crippen molar-refractivity contribution in [2.24, 2.45) is 0 Å². The first-order valence-corrected chi connectivity index (χ1v) is 6.73. The van der Waals surface area contributed by atoms with Gasteiger partial charge in [-0.2, -0.15) is 0 Å². The summed E-state index contributed by atoms with van der Waals surface area (Å²) in [5.41, 5.74) is -0.580. The maximum Gasteiger partial charge on any atom is 0.344 e. The van der Waals surface area contributed by atoms with Gasteiger partial charge in [0.25, 0.3) is 0 Å². The standard InChI is InChI=1S/C15H19FO4/c1-3-20-14(17)13(16)15(18)8-4-5-10-6-7-11(19-2)9-12(10)15/h6-7,9,13,18H,3-5,8H2,1-2H3. The van der Waals surface area contributed by atoms with Crippen LogP contribution in [0.5, 0.6) is 5.75 Å². The van der Waals surface area contributed by atoms with Crippen molar-refractivity contribution in [1.82, 2.24) is 0 Å². The highest BCUT2D eigenvalue weighted by molar-refractivity contribution is 5.76. The summed E-state index contributed by atoms with van der Waals surface area (Å²) in [6.45, 7) is 1.69. The van der Waals surface area contributed by atoms with Crippen molar-refractivity contribution in [1.29, 1.82) is 0 Å². The Balaban J connectivity index is 2.41. The van der Waals surface area contributed by atoms with E-state index in [-0.39, 0.29) is 13.0 Å². The van der Waals surface area contributed by atoms with Gasteiger partial charge in [0.2, 0.25) is 6.17 Å². The third-order valence-corrected chi connectivity index (χ3v) is 3.70. The maximum absolute atomic E-state index is 14.4. The number of carbonyl (C=O) groups excluding carboxylic acids is 1. The molecular formula is C15H19FO4. The molecule has 0 aromatic heterocycles. The molecule has 0 amide bonds. The largest absolute Gasteiger partial charge is 0.497 e. The van der Waals surface area contributed by atoms with E-state index in [1.54, 1.807) is 25.1 Å². The minimum atomic E-state index is -2.09. The van der Waals surface area contributed by atoms with Crippen LogP contribution in [0.1, 0.15) is 30.9 Å². The minimum absolute atomic E-state index is 0.0836. The van der Waals surface area contributed by atoms with Crippen LogP contribution in [0.4, 0.5) is 4.39 Å². The topological polar surface area (TPSA) is 55.8 Å². The van der Waals surface area contributed by atoms with Crippen LogP contribution in [0.25, 0.3) is 0 Å². The van der Waals surface area contributed by atoms with Crippen LogP contribution < -0.4 is 4.74 Å². The second kappa shape index (κ2) is 5.79. The fourth-order valence-corrected chi connectivity index (χ4v) is 2.66. The van der Waals surface area contributed by atoms with E-state index in [1.807, 2.05) is 0 Å². The molecule has 2 atom stereocenters. The number of alkyl halides is 1. The lowest BCUT2D eigenvalue weighted by molar-refractivity contribution is -0.163. The van der Waals surface area contributed by atoms with Crippen LogP contribution in [0.2, 0.25) is 0 Å². The normalized spacial score (nSPS) is 22.8. The average molecular weight is 282 g/mol. The van der Waals surface area contributed by atoms with Crippen molar-refractivity contribution in [2.45, 2.75) is 38.0 Å². The summed E-state index contributed by atoms with van der Waals surface area (Å²) in [5, 5.41) is 10.7. The predicted molar refractivity (Wildman–Crippen MR) is 71.4 cm³/mol. The second-order valence-electron chi connectivity index (χ2n) is 4.92. The first-order chi connectivity index (χ1) is 9.52. The summed E-state index contributed by atoms with van der Waals surface area (Å²) in [4.78, 5) is 11.6. The average Bonchev–Trinajstić information content (AvgIpc) is 2.46. The summed E-state index contributed by atoms with van der Waals surface area (Å²) in [6.07, 6.45) is -0.534. The summed E-state index contributed by atoms with van der Waals surface area (Å²) in [7, 11) is 1.50. The zero-order valence-corrected chi connectivity index (χ0v) is 11.7. The maximum atomic E-state index is 14.4. The molecule has 1 aliphatic rings. The molecule has 0 bridgehead atoms. The number of esters is 1. The molecule has 0 saturated carbocycles. The number of hydrogen-bond donors (Lipinski definition) is 1. The molecule has 110 valence electrons. The van der Waals surface area contributed by atoms with Crippen molar-refractivity contribution < 1.29 is 23.8 Å². The van der Waals surface area contributed by atoms with Crippen molar-refractivity contribution in [3.8, 4) is 5.75 Å². The SMILES string of the molecule is CCOC(=O)C(F)C1(O)CCCc2ccc(OC)cc21. The van der Waals surface area contributed by atoms with Crippen LogP contribution in [0.15, 0.2) is 18.2 Å². The van der Waals surface area contributed by atoms with Gasteiger partial charge in [-0.3, -0.25) is 0 Å². The molecule has 2 rings (SSSR count). The Morgan fingerprint density at radius 1 is 1.55 bits per heavy atom. The number of methoxy groups -OCH3 is 1. The quantitative estimate of drug-likeness (QED) is 0.859. The number of carbonyl (C=O) groups is 1. The van der Waals surface area contributed by atoms with E-state index in [2.05, 4.69) is 4.74 Å². The molecule has 0 spiro atoms. The van der Waals surface area contributed by atoms with E-state index in [9.17, 15) is 14.3 Å². The number of ether oxygens (including phenoxy) is 2. The highest BCUT2D eigenvalue weighted by Crippen LogP contribution is 2.41. The van der Waals surface area contributed by atoms with E-state index >= 15 is 0 Å². The number of aliphatic hydroxyl groups is 1. The third-order valence-electron chi connectivity index (χ3n) is 3.70. The molecule has 1 aliphatic carbocycles. The second-order valence-corrected chi connectivity index (χ2v) is 4.92. The first-order valence-electron chi connectivity index (χ1n) is 6.73. The number of halogens is 1. The molecule has 1 aromatic carbocycles. The van der Waals surface area contributed by atoms with Crippen LogP contribution >= 0.6 is 0 Å². The molecule has 0 fully saturated rings. The highest BCUT2D eigenvalue weighted by atomic mass is 19.1. The molecular weight excluding hydrogens is 263 g/mol. The molecule has 5 heteroatoms. The molecule has 0 saturated heterocycles. The van der Waals surface area contributed by atoms with Gasteiger partial charge in [-0.1, -0.05) is 6.07 Å². The number of rotatable bonds is 4. The van der Waals surface area contributed by atoms with Crippen LogP contribution in [0.3, 0.4) is 0 Å². The lowest BCUT2D eigenvalue weighted by atomic mass is 9.76. The Hall–Kier alpha value is -1.62. The zero-order chi connectivity index (χ0) is 14.8. The van der Waals surface area contributed by atoms with Gasteiger partial charge in [0.15, 0.2) is 0 Å². The predicted octanol–water partition coefficient (Wildman–Crippen LogP) is 2.12. The van der Waals surface area contributed by atoms with Crippen molar-refractivity contribution in [3.05, 3.63) is 29.3 Å². The fourth-order valence-electron chi connectivity index (χ4n) is 2.66. The molecule has 1 aromatic rings. The lowest BCUT2D eigenvalue weighted by Gasteiger charge is -2.36. The van der Waals surface area contributed by atoms with Gasteiger partial charge in [-0.25, -0.2) is 9.18 Å². The monoisotopic (exact) mass is 282 g/mol. The molecule has 0 aliphatic heterocycles. The number of fused-ring (bicyclic) bond motifs is 1. The van der Waals surface area contributed by atoms with Gasteiger partial charge in [0.05, 0.1) is 13.7 Å². The van der Waals surface area contributed by atoms with Gasteiger partial charge in [0.1, 0.15) is 11.4 Å². The molecule has 0 heterocycles. The Kier molecular flexibility index (Phi) is 4.28. The third kappa shape index (κ3) is 2.50. The van der Waals surface area contributed by atoms with E-state index < -0.39 is 17.7 Å². The van der Waals surface area contributed by atoms with E-state index in [1.165, 1.54) is 7.11 Å². The summed E-state index contributed by atoms with van der Waals surface area (Å²) in [5.74, 6) is -0.495. The summed E-state index contributed by atoms with van der Waals surface area (Å²) >= 11 is 0. The highest BCUT2D eigenvalue weighted by Gasteiger charge is 2.47. The molecule has 0 radical (unpaired) electrons. The number of hydrogen-bond acceptors (Lipinski definition) is 4. The Morgan fingerprint density at radius 2 is 2.30 bits per heavy atom. The smallest absolute Gasteiger partial charge is 0.344 e. The van der Waals surface area contributed by atoms with Crippen LogP contribution in [0, 0.1) is 0 Å².